The van der Waals surface area contributed by atoms with Crippen LogP contribution in [-0.2, 0) is 9.31 Å². The smallest absolute Gasteiger partial charge is 0.399 e. The standard InChI is InChI=1S/C22H23BO2/c1-21(2)22(3,4)25-23(24-21)20-13-12-18-14-17(10-11-19(18)15-20)16-8-6-5-7-9-16/h5-15H,1-4H3/i10D,11D,12D,13D,14D,15D. The van der Waals surface area contributed by atoms with E-state index in [-0.39, 0.29) is 58.1 Å². The number of hydrogen-bond acceptors (Lipinski definition) is 2. The van der Waals surface area contributed by atoms with Crippen molar-refractivity contribution >= 4 is 23.4 Å². The van der Waals surface area contributed by atoms with E-state index in [0.717, 1.165) is 0 Å². The summed E-state index contributed by atoms with van der Waals surface area (Å²) in [4.78, 5) is 0. The number of fused-ring (bicyclic) bond motifs is 1. The first-order valence-electron chi connectivity index (χ1n) is 11.3. The predicted octanol–water partition coefficient (Wildman–Crippen LogP) is 4.81. The third kappa shape index (κ3) is 2.88. The number of rotatable bonds is 2. The van der Waals surface area contributed by atoms with Gasteiger partial charge in [-0.05, 0) is 61.1 Å². The highest BCUT2D eigenvalue weighted by molar-refractivity contribution is 6.62. The number of hydrogen-bond donors (Lipinski definition) is 0. The van der Waals surface area contributed by atoms with Gasteiger partial charge < -0.3 is 9.31 Å². The largest absolute Gasteiger partial charge is 0.494 e. The van der Waals surface area contributed by atoms with Crippen molar-refractivity contribution in [1.82, 2.24) is 0 Å². The monoisotopic (exact) mass is 336 g/mol. The highest BCUT2D eigenvalue weighted by atomic mass is 16.7. The minimum atomic E-state index is -1.05. The van der Waals surface area contributed by atoms with Crippen LogP contribution in [0.1, 0.15) is 35.9 Å². The first-order chi connectivity index (χ1) is 14.4. The predicted molar refractivity (Wildman–Crippen MR) is 105 cm³/mol. The molecule has 25 heavy (non-hydrogen) atoms. The molecule has 0 atom stereocenters. The molecule has 1 aliphatic rings. The van der Waals surface area contributed by atoms with Crippen LogP contribution in [0.25, 0.3) is 21.9 Å². The van der Waals surface area contributed by atoms with Crippen LogP contribution in [0, 0.1) is 0 Å². The molecule has 1 aliphatic heterocycles. The molecule has 1 saturated heterocycles. The molecule has 0 spiro atoms. The van der Waals surface area contributed by atoms with Crippen molar-refractivity contribution in [2.75, 3.05) is 0 Å². The topological polar surface area (TPSA) is 18.5 Å². The van der Waals surface area contributed by atoms with Crippen molar-refractivity contribution in [2.24, 2.45) is 0 Å². The Morgan fingerprint density at radius 1 is 0.760 bits per heavy atom. The Morgan fingerprint density at radius 3 is 2.04 bits per heavy atom. The molecule has 0 unspecified atom stereocenters. The molecule has 1 heterocycles. The zero-order valence-electron chi connectivity index (χ0n) is 20.8. The van der Waals surface area contributed by atoms with Crippen LogP contribution < -0.4 is 5.46 Å². The lowest BCUT2D eigenvalue weighted by atomic mass is 9.78. The summed E-state index contributed by atoms with van der Waals surface area (Å²) in [6.07, 6.45) is 0. The van der Waals surface area contributed by atoms with E-state index in [4.69, 9.17) is 17.5 Å². The van der Waals surface area contributed by atoms with Gasteiger partial charge >= 0.3 is 7.12 Å². The summed E-state index contributed by atoms with van der Waals surface area (Å²) >= 11 is 0. The quantitative estimate of drug-likeness (QED) is 0.626. The molecule has 0 radical (unpaired) electrons. The van der Waals surface area contributed by atoms with Gasteiger partial charge in [0, 0.05) is 0 Å². The molecule has 3 heteroatoms. The minimum absolute atomic E-state index is 0.000364. The minimum Gasteiger partial charge on any atom is -0.399 e. The van der Waals surface area contributed by atoms with Crippen LogP contribution in [0.2, 0.25) is 0 Å². The van der Waals surface area contributed by atoms with Crippen molar-refractivity contribution < 1.29 is 17.5 Å². The lowest BCUT2D eigenvalue weighted by molar-refractivity contribution is 0.00578. The molecule has 4 rings (SSSR count). The summed E-state index contributed by atoms with van der Waals surface area (Å²) in [5.41, 5.74) is -0.545. The van der Waals surface area contributed by atoms with E-state index in [1.165, 1.54) is 0 Å². The molecule has 3 aromatic carbocycles. The zero-order valence-corrected chi connectivity index (χ0v) is 14.8. The molecule has 1 fully saturated rings. The summed E-state index contributed by atoms with van der Waals surface area (Å²) in [6.45, 7) is 7.42. The van der Waals surface area contributed by atoms with Crippen molar-refractivity contribution in [2.45, 2.75) is 38.9 Å². The zero-order chi connectivity index (χ0) is 22.9. The van der Waals surface area contributed by atoms with Gasteiger partial charge in [-0.3, -0.25) is 0 Å². The van der Waals surface area contributed by atoms with Crippen molar-refractivity contribution in [3.63, 3.8) is 0 Å². The summed E-state index contributed by atoms with van der Waals surface area (Å²) in [7, 11) is -1.05. The second kappa shape index (κ2) is 5.72. The molecule has 126 valence electrons. The van der Waals surface area contributed by atoms with Crippen molar-refractivity contribution in [3.05, 3.63) is 66.6 Å². The second-order valence-electron chi connectivity index (χ2n) is 7.24. The fourth-order valence-electron chi connectivity index (χ4n) is 2.72. The first kappa shape index (κ1) is 10.8. The second-order valence-corrected chi connectivity index (χ2v) is 7.24. The van der Waals surface area contributed by atoms with Gasteiger partial charge in [-0.25, -0.2) is 0 Å². The summed E-state index contributed by atoms with van der Waals surface area (Å²) in [5, 5.41) is 0.0236. The Bertz CT molecular complexity index is 1190. The molecule has 2 nitrogen and oxygen atoms in total. The van der Waals surface area contributed by atoms with E-state index in [0.29, 0.717) is 5.56 Å². The average molecular weight is 336 g/mol. The Hall–Kier alpha value is -2.10. The van der Waals surface area contributed by atoms with Crippen LogP contribution in [0.4, 0.5) is 0 Å². The lowest BCUT2D eigenvalue weighted by Crippen LogP contribution is -2.41. The van der Waals surface area contributed by atoms with Crippen LogP contribution >= 0.6 is 0 Å². The van der Waals surface area contributed by atoms with Crippen molar-refractivity contribution in [3.8, 4) is 11.1 Å². The van der Waals surface area contributed by atoms with Crippen LogP contribution in [0.5, 0.6) is 0 Å². The van der Waals surface area contributed by atoms with Gasteiger partial charge in [0.1, 0.15) is 0 Å². The molecule has 0 aromatic heterocycles. The fraction of sp³-hybridized carbons (Fsp3) is 0.273. The summed E-state index contributed by atoms with van der Waals surface area (Å²) < 4.78 is 63.8. The van der Waals surface area contributed by atoms with Gasteiger partial charge in [0.2, 0.25) is 0 Å². The third-order valence-electron chi connectivity index (χ3n) is 4.95. The normalized spacial score (nSPS) is 22.0. The third-order valence-corrected chi connectivity index (χ3v) is 4.95. The molecule has 3 aromatic rings. The Labute approximate surface area is 158 Å². The van der Waals surface area contributed by atoms with E-state index in [2.05, 4.69) is 0 Å². The summed E-state index contributed by atoms with van der Waals surface area (Å²) in [5.74, 6) is 0. The van der Waals surface area contributed by atoms with Gasteiger partial charge in [-0.15, -0.1) is 0 Å². The van der Waals surface area contributed by atoms with E-state index in [1.54, 1.807) is 24.3 Å². The van der Waals surface area contributed by atoms with E-state index in [9.17, 15) is 0 Å². The van der Waals surface area contributed by atoms with E-state index in [1.807, 2.05) is 33.8 Å². The van der Waals surface area contributed by atoms with Crippen LogP contribution in [0.3, 0.4) is 0 Å². The maximum atomic E-state index is 8.76. The maximum Gasteiger partial charge on any atom is 0.494 e. The fourth-order valence-corrected chi connectivity index (χ4v) is 2.72. The SMILES string of the molecule is [2H]c1c(-c2ccccc2)c([2H])c2c([2H])c([2H])c(B3OC(C)(C)C(C)(C)O3)c([2H])c2c1[2H]. The van der Waals surface area contributed by atoms with Gasteiger partial charge in [-0.2, -0.15) is 0 Å². The molecule has 0 bridgehead atoms. The van der Waals surface area contributed by atoms with Crippen LogP contribution in [-0.4, -0.2) is 18.3 Å². The van der Waals surface area contributed by atoms with E-state index >= 15 is 0 Å². The molecule has 0 amide bonds. The molecule has 0 saturated carbocycles. The van der Waals surface area contributed by atoms with Gasteiger partial charge in [-0.1, -0.05) is 60.5 Å². The Kier molecular flexibility index (Phi) is 2.47. The Morgan fingerprint density at radius 2 is 1.36 bits per heavy atom. The highest BCUT2D eigenvalue weighted by Gasteiger charge is 2.51. The van der Waals surface area contributed by atoms with Gasteiger partial charge in [0.15, 0.2) is 0 Å². The highest BCUT2D eigenvalue weighted by Crippen LogP contribution is 2.36. The molecular formula is C22H23BO2. The molecular weight excluding hydrogens is 307 g/mol. The first-order valence-corrected chi connectivity index (χ1v) is 8.33. The van der Waals surface area contributed by atoms with Gasteiger partial charge in [0.05, 0.1) is 19.4 Å². The average Bonchev–Trinajstić information content (AvgIpc) is 2.90. The number of benzene rings is 3. The van der Waals surface area contributed by atoms with Gasteiger partial charge in [0.25, 0.3) is 0 Å². The van der Waals surface area contributed by atoms with E-state index < -0.39 is 18.3 Å². The molecule has 0 aliphatic carbocycles. The summed E-state index contributed by atoms with van der Waals surface area (Å²) in [6, 6.07) is 7.53. The Balaban J connectivity index is 2.04. The molecule has 0 N–H and O–H groups in total. The lowest BCUT2D eigenvalue weighted by Gasteiger charge is -2.32. The van der Waals surface area contributed by atoms with Crippen LogP contribution in [0.15, 0.2) is 66.6 Å². The maximum absolute atomic E-state index is 8.76. The van der Waals surface area contributed by atoms with Crippen molar-refractivity contribution in [1.29, 1.82) is 0 Å².